The van der Waals surface area contributed by atoms with Crippen molar-refractivity contribution in [3.8, 4) is 0 Å². The fraction of sp³-hybridized carbons (Fsp3) is 0.333. The van der Waals surface area contributed by atoms with Gasteiger partial charge in [0, 0.05) is 25.5 Å². The van der Waals surface area contributed by atoms with E-state index in [0.717, 1.165) is 44.0 Å². The molecule has 0 spiro atoms. The molecule has 5 heteroatoms. The van der Waals surface area contributed by atoms with Crippen molar-refractivity contribution < 1.29 is 9.21 Å². The number of carbonyl (C=O) groups is 1. The van der Waals surface area contributed by atoms with Crippen LogP contribution in [0, 0.1) is 0 Å². The summed E-state index contributed by atoms with van der Waals surface area (Å²) in [7, 11) is 0. The van der Waals surface area contributed by atoms with Gasteiger partial charge in [-0.05, 0) is 12.1 Å². The Hall–Kier alpha value is -1.88. The van der Waals surface area contributed by atoms with Gasteiger partial charge in [-0.15, -0.1) is 0 Å². The van der Waals surface area contributed by atoms with Crippen molar-refractivity contribution in [2.75, 3.05) is 6.54 Å². The average molecular weight is 231 g/mol. The van der Waals surface area contributed by atoms with E-state index in [0.29, 0.717) is 5.76 Å². The molecule has 88 valence electrons. The topological polar surface area (TPSA) is 51.3 Å². The van der Waals surface area contributed by atoms with Gasteiger partial charge < -0.3 is 8.98 Å². The van der Waals surface area contributed by atoms with Crippen LogP contribution in [-0.2, 0) is 19.6 Å². The maximum atomic E-state index is 10.5. The molecule has 5 nitrogen and oxygen atoms in total. The van der Waals surface area contributed by atoms with Crippen molar-refractivity contribution in [3.63, 3.8) is 0 Å². The molecule has 0 amide bonds. The predicted octanol–water partition coefficient (Wildman–Crippen LogP) is 1.30. The maximum Gasteiger partial charge on any atom is 0.185 e. The van der Waals surface area contributed by atoms with Gasteiger partial charge in [-0.3, -0.25) is 9.69 Å². The second-order valence-electron chi connectivity index (χ2n) is 4.17. The molecule has 0 aromatic carbocycles. The quantitative estimate of drug-likeness (QED) is 0.747. The fourth-order valence-corrected chi connectivity index (χ4v) is 2.12. The van der Waals surface area contributed by atoms with Gasteiger partial charge in [-0.25, -0.2) is 4.98 Å². The lowest BCUT2D eigenvalue weighted by Crippen LogP contribution is -2.33. The van der Waals surface area contributed by atoms with Crippen LogP contribution in [0.5, 0.6) is 0 Å². The summed E-state index contributed by atoms with van der Waals surface area (Å²) in [5.41, 5.74) is 0. The van der Waals surface area contributed by atoms with Gasteiger partial charge in [0.15, 0.2) is 12.0 Å². The summed E-state index contributed by atoms with van der Waals surface area (Å²) in [5.74, 6) is 2.30. The number of nitrogens with zero attached hydrogens (tertiary/aromatic N) is 3. The van der Waals surface area contributed by atoms with Crippen LogP contribution >= 0.6 is 0 Å². The van der Waals surface area contributed by atoms with Gasteiger partial charge in [0.05, 0.1) is 13.1 Å². The molecule has 1 aliphatic rings. The molecule has 17 heavy (non-hydrogen) atoms. The number of aldehydes is 1. The first kappa shape index (κ1) is 10.3. The lowest BCUT2D eigenvalue weighted by Gasteiger charge is -2.26. The molecule has 0 radical (unpaired) electrons. The minimum absolute atomic E-state index is 0.388. The minimum Gasteiger partial charge on any atom is -0.457 e. The normalized spacial score (nSPS) is 15.8. The maximum absolute atomic E-state index is 10.5. The number of furan rings is 1. The molecule has 3 rings (SSSR count). The molecule has 0 atom stereocenters. The molecule has 0 fully saturated rings. The Balaban J connectivity index is 1.69. The van der Waals surface area contributed by atoms with Gasteiger partial charge in [0.2, 0.25) is 0 Å². The van der Waals surface area contributed by atoms with Gasteiger partial charge in [0.25, 0.3) is 0 Å². The van der Waals surface area contributed by atoms with Crippen molar-refractivity contribution >= 4 is 6.29 Å². The van der Waals surface area contributed by atoms with Crippen LogP contribution in [0.3, 0.4) is 0 Å². The summed E-state index contributed by atoms with van der Waals surface area (Å²) in [5, 5.41) is 0. The van der Waals surface area contributed by atoms with Crippen LogP contribution in [0.2, 0.25) is 0 Å². The Morgan fingerprint density at radius 1 is 1.41 bits per heavy atom. The molecule has 1 aliphatic heterocycles. The Morgan fingerprint density at radius 3 is 3.18 bits per heavy atom. The number of hydrogen-bond acceptors (Lipinski definition) is 4. The molecular formula is C12H13N3O2. The number of carbonyl (C=O) groups excluding carboxylic acids is 1. The monoisotopic (exact) mass is 231 g/mol. The lowest BCUT2D eigenvalue weighted by atomic mass is 10.3. The molecule has 0 saturated heterocycles. The third-order valence-corrected chi connectivity index (χ3v) is 3.00. The average Bonchev–Trinajstić information content (AvgIpc) is 2.96. The largest absolute Gasteiger partial charge is 0.457 e. The van der Waals surface area contributed by atoms with Crippen LogP contribution in [-0.4, -0.2) is 27.3 Å². The molecule has 0 bridgehead atoms. The lowest BCUT2D eigenvalue weighted by molar-refractivity contribution is 0.109. The Labute approximate surface area is 98.7 Å². The molecule has 0 unspecified atom stereocenters. The number of rotatable bonds is 3. The van der Waals surface area contributed by atoms with E-state index in [2.05, 4.69) is 14.5 Å². The highest BCUT2D eigenvalue weighted by Crippen LogP contribution is 2.15. The standard InChI is InChI=1S/C12H13N3O2/c16-9-11-2-1-10(17-11)7-14-5-6-15-4-3-13-12(15)8-14/h1-4,9H,5-8H2. The number of imidazole rings is 1. The Morgan fingerprint density at radius 2 is 2.35 bits per heavy atom. The summed E-state index contributed by atoms with van der Waals surface area (Å²) in [6.45, 7) is 3.47. The highest BCUT2D eigenvalue weighted by atomic mass is 16.3. The van der Waals surface area contributed by atoms with E-state index in [4.69, 9.17) is 4.42 Å². The highest BCUT2D eigenvalue weighted by molar-refractivity contribution is 5.70. The van der Waals surface area contributed by atoms with Crippen LogP contribution in [0.1, 0.15) is 22.1 Å². The van der Waals surface area contributed by atoms with Crippen LogP contribution in [0.4, 0.5) is 0 Å². The Bertz CT molecular complexity index is 529. The molecule has 0 N–H and O–H groups in total. The van der Waals surface area contributed by atoms with E-state index in [-0.39, 0.29) is 0 Å². The van der Waals surface area contributed by atoms with E-state index >= 15 is 0 Å². The molecular weight excluding hydrogens is 218 g/mol. The fourth-order valence-electron chi connectivity index (χ4n) is 2.12. The summed E-state index contributed by atoms with van der Waals surface area (Å²) >= 11 is 0. The van der Waals surface area contributed by atoms with Gasteiger partial charge in [-0.2, -0.15) is 0 Å². The van der Waals surface area contributed by atoms with Crippen molar-refractivity contribution in [1.29, 1.82) is 0 Å². The van der Waals surface area contributed by atoms with Gasteiger partial charge in [-0.1, -0.05) is 0 Å². The van der Waals surface area contributed by atoms with E-state index in [1.165, 1.54) is 0 Å². The van der Waals surface area contributed by atoms with Crippen molar-refractivity contribution in [3.05, 3.63) is 41.9 Å². The van der Waals surface area contributed by atoms with E-state index in [1.807, 2.05) is 18.5 Å². The SMILES string of the molecule is O=Cc1ccc(CN2CCn3ccnc3C2)o1. The summed E-state index contributed by atoms with van der Waals surface area (Å²) in [4.78, 5) is 17.1. The second kappa shape index (κ2) is 4.18. The minimum atomic E-state index is 0.388. The predicted molar refractivity (Wildman–Crippen MR) is 60.4 cm³/mol. The third kappa shape index (κ3) is 2.01. The smallest absolute Gasteiger partial charge is 0.185 e. The first-order valence-corrected chi connectivity index (χ1v) is 5.61. The van der Waals surface area contributed by atoms with Crippen molar-refractivity contribution in [2.45, 2.75) is 19.6 Å². The van der Waals surface area contributed by atoms with E-state index < -0.39 is 0 Å². The van der Waals surface area contributed by atoms with Gasteiger partial charge >= 0.3 is 0 Å². The van der Waals surface area contributed by atoms with Crippen LogP contribution in [0.25, 0.3) is 0 Å². The molecule has 2 aromatic heterocycles. The number of aromatic nitrogens is 2. The van der Waals surface area contributed by atoms with E-state index in [9.17, 15) is 4.79 Å². The van der Waals surface area contributed by atoms with Crippen molar-refractivity contribution in [1.82, 2.24) is 14.5 Å². The number of fused-ring (bicyclic) bond motifs is 1. The Kier molecular flexibility index (Phi) is 2.53. The summed E-state index contributed by atoms with van der Waals surface area (Å²) < 4.78 is 7.53. The molecule has 0 aliphatic carbocycles. The van der Waals surface area contributed by atoms with Gasteiger partial charge in [0.1, 0.15) is 11.6 Å². The summed E-state index contributed by atoms with van der Waals surface area (Å²) in [6, 6.07) is 3.55. The molecule has 0 saturated carbocycles. The molecule has 3 heterocycles. The zero-order chi connectivity index (χ0) is 11.7. The van der Waals surface area contributed by atoms with E-state index in [1.54, 1.807) is 6.07 Å². The van der Waals surface area contributed by atoms with Crippen LogP contribution < -0.4 is 0 Å². The second-order valence-corrected chi connectivity index (χ2v) is 4.17. The first-order chi connectivity index (χ1) is 8.35. The zero-order valence-electron chi connectivity index (χ0n) is 9.37. The first-order valence-electron chi connectivity index (χ1n) is 5.61. The highest BCUT2D eigenvalue weighted by Gasteiger charge is 2.17. The number of hydrogen-bond donors (Lipinski definition) is 0. The zero-order valence-corrected chi connectivity index (χ0v) is 9.37. The third-order valence-electron chi connectivity index (χ3n) is 3.00. The molecule has 2 aromatic rings. The van der Waals surface area contributed by atoms with Crippen molar-refractivity contribution in [2.24, 2.45) is 0 Å². The van der Waals surface area contributed by atoms with Crippen LogP contribution in [0.15, 0.2) is 28.9 Å². The summed E-state index contributed by atoms with van der Waals surface area (Å²) in [6.07, 6.45) is 4.56.